The molecule has 1 amide bonds. The molecular weight excluding hydrogens is 504 g/mol. The third-order valence-corrected chi connectivity index (χ3v) is 6.02. The standard InChI is InChI=1S/C31H24N6O3/c1-2-40-31(39)21-10-13-24(14-11-21)35-27(38)19-34-30-26(18-32)36-29(28(37-30)20-7-4-3-5-8-20)23-12-15-25-22(17-23)9-6-16-33-25/h3-17H,2,19H2,1H3,(H,34,37)(H,35,38). The number of aromatic nitrogens is 3. The van der Waals surface area contributed by atoms with E-state index in [0.717, 1.165) is 22.0 Å². The predicted octanol–water partition coefficient (Wildman–Crippen LogP) is 5.46. The largest absolute Gasteiger partial charge is 0.462 e. The van der Waals surface area contributed by atoms with Crippen molar-refractivity contribution >= 4 is 34.3 Å². The van der Waals surface area contributed by atoms with Crippen LogP contribution in [0.15, 0.2) is 91.1 Å². The van der Waals surface area contributed by atoms with Crippen molar-refractivity contribution in [3.8, 4) is 28.6 Å². The van der Waals surface area contributed by atoms with E-state index in [-0.39, 0.29) is 30.6 Å². The van der Waals surface area contributed by atoms with Gasteiger partial charge in [-0.15, -0.1) is 0 Å². The highest BCUT2D eigenvalue weighted by molar-refractivity contribution is 5.95. The van der Waals surface area contributed by atoms with Gasteiger partial charge in [0.15, 0.2) is 11.5 Å². The Bertz CT molecular complexity index is 1730. The summed E-state index contributed by atoms with van der Waals surface area (Å²) in [6.07, 6.45) is 1.74. The second kappa shape index (κ2) is 11.8. The first kappa shape index (κ1) is 26.0. The van der Waals surface area contributed by atoms with E-state index in [0.29, 0.717) is 22.6 Å². The summed E-state index contributed by atoms with van der Waals surface area (Å²) in [4.78, 5) is 38.3. The number of fused-ring (bicyclic) bond motifs is 1. The van der Waals surface area contributed by atoms with Crippen molar-refractivity contribution in [2.45, 2.75) is 6.92 Å². The van der Waals surface area contributed by atoms with Crippen molar-refractivity contribution in [2.24, 2.45) is 0 Å². The molecule has 0 saturated heterocycles. The zero-order valence-corrected chi connectivity index (χ0v) is 21.6. The number of nitriles is 1. The lowest BCUT2D eigenvalue weighted by Crippen LogP contribution is -2.23. The molecule has 5 aromatic rings. The van der Waals surface area contributed by atoms with Crippen LogP contribution in [-0.2, 0) is 9.53 Å². The van der Waals surface area contributed by atoms with Crippen LogP contribution in [0.1, 0.15) is 23.0 Å². The van der Waals surface area contributed by atoms with Gasteiger partial charge in [0.1, 0.15) is 6.07 Å². The fourth-order valence-electron chi connectivity index (χ4n) is 4.13. The van der Waals surface area contributed by atoms with Crippen molar-refractivity contribution in [1.29, 1.82) is 5.26 Å². The fourth-order valence-corrected chi connectivity index (χ4v) is 4.13. The Morgan fingerprint density at radius 2 is 1.68 bits per heavy atom. The molecule has 0 unspecified atom stereocenters. The number of carbonyl (C=O) groups is 2. The van der Waals surface area contributed by atoms with Crippen LogP contribution in [0.3, 0.4) is 0 Å². The summed E-state index contributed by atoms with van der Waals surface area (Å²) in [6.45, 7) is 1.86. The zero-order chi connectivity index (χ0) is 27.9. The van der Waals surface area contributed by atoms with Crippen molar-refractivity contribution in [1.82, 2.24) is 15.0 Å². The summed E-state index contributed by atoms with van der Waals surface area (Å²) in [5, 5.41) is 16.5. The van der Waals surface area contributed by atoms with Gasteiger partial charge in [0.2, 0.25) is 5.91 Å². The lowest BCUT2D eigenvalue weighted by Gasteiger charge is -2.14. The van der Waals surface area contributed by atoms with E-state index in [1.807, 2.05) is 60.7 Å². The minimum atomic E-state index is -0.428. The maximum Gasteiger partial charge on any atom is 0.338 e. The number of ether oxygens (including phenoxy) is 1. The number of anilines is 2. The third-order valence-electron chi connectivity index (χ3n) is 6.02. The van der Waals surface area contributed by atoms with E-state index in [1.54, 1.807) is 37.4 Å². The molecule has 2 heterocycles. The zero-order valence-electron chi connectivity index (χ0n) is 21.6. The Morgan fingerprint density at radius 3 is 2.42 bits per heavy atom. The van der Waals surface area contributed by atoms with Gasteiger partial charge in [0, 0.05) is 28.4 Å². The van der Waals surface area contributed by atoms with E-state index >= 15 is 0 Å². The first-order valence-corrected chi connectivity index (χ1v) is 12.6. The van der Waals surface area contributed by atoms with E-state index < -0.39 is 5.97 Å². The van der Waals surface area contributed by atoms with Gasteiger partial charge in [-0.3, -0.25) is 9.78 Å². The summed E-state index contributed by atoms with van der Waals surface area (Å²) >= 11 is 0. The number of amides is 1. The van der Waals surface area contributed by atoms with Gasteiger partial charge in [-0.1, -0.05) is 42.5 Å². The molecule has 9 nitrogen and oxygen atoms in total. The van der Waals surface area contributed by atoms with Crippen LogP contribution in [-0.4, -0.2) is 40.0 Å². The van der Waals surface area contributed by atoms with E-state index in [2.05, 4.69) is 26.7 Å². The number of benzene rings is 3. The Balaban J connectivity index is 1.41. The first-order chi connectivity index (χ1) is 19.6. The number of pyridine rings is 1. The number of rotatable bonds is 8. The molecule has 0 spiro atoms. The Morgan fingerprint density at radius 1 is 0.900 bits per heavy atom. The van der Waals surface area contributed by atoms with Gasteiger partial charge in [0.25, 0.3) is 0 Å². The highest BCUT2D eigenvalue weighted by Crippen LogP contribution is 2.32. The number of hydrogen-bond acceptors (Lipinski definition) is 8. The summed E-state index contributed by atoms with van der Waals surface area (Å²) in [6, 6.07) is 27.6. The van der Waals surface area contributed by atoms with E-state index in [9.17, 15) is 14.9 Å². The minimum Gasteiger partial charge on any atom is -0.462 e. The number of nitrogens with one attached hydrogen (secondary N) is 2. The summed E-state index contributed by atoms with van der Waals surface area (Å²) in [7, 11) is 0. The molecule has 40 heavy (non-hydrogen) atoms. The summed E-state index contributed by atoms with van der Waals surface area (Å²) in [5.74, 6) is -0.593. The fraction of sp³-hybridized carbons (Fsp3) is 0.0968. The molecule has 9 heteroatoms. The van der Waals surface area contributed by atoms with Gasteiger partial charge in [-0.05, 0) is 49.4 Å². The third kappa shape index (κ3) is 5.76. The van der Waals surface area contributed by atoms with Crippen LogP contribution in [0.25, 0.3) is 33.4 Å². The first-order valence-electron chi connectivity index (χ1n) is 12.6. The molecule has 0 bridgehead atoms. The summed E-state index contributed by atoms with van der Waals surface area (Å²) < 4.78 is 4.98. The molecule has 196 valence electrons. The van der Waals surface area contributed by atoms with Crippen molar-refractivity contribution in [3.63, 3.8) is 0 Å². The lowest BCUT2D eigenvalue weighted by atomic mass is 10.0. The molecule has 0 aliphatic carbocycles. The Hall–Kier alpha value is -5.62. The second-order valence-electron chi connectivity index (χ2n) is 8.71. The quantitative estimate of drug-likeness (QED) is 0.254. The monoisotopic (exact) mass is 528 g/mol. The van der Waals surface area contributed by atoms with Crippen LogP contribution in [0, 0.1) is 11.3 Å². The van der Waals surface area contributed by atoms with Crippen LogP contribution >= 0.6 is 0 Å². The smallest absolute Gasteiger partial charge is 0.338 e. The molecule has 0 aliphatic heterocycles. The topological polar surface area (TPSA) is 130 Å². The Labute approximate surface area is 230 Å². The molecule has 0 atom stereocenters. The number of carbonyl (C=O) groups excluding carboxylic acids is 2. The van der Waals surface area contributed by atoms with Gasteiger partial charge >= 0.3 is 5.97 Å². The maximum absolute atomic E-state index is 12.7. The molecule has 0 saturated carbocycles. The molecular formula is C31H24N6O3. The van der Waals surface area contributed by atoms with Crippen molar-refractivity contribution in [2.75, 3.05) is 23.8 Å². The van der Waals surface area contributed by atoms with Crippen molar-refractivity contribution in [3.05, 3.63) is 102 Å². The minimum absolute atomic E-state index is 0.0626. The SMILES string of the molecule is CCOC(=O)c1ccc(NC(=O)CNc2nc(-c3ccccc3)c(-c3ccc4ncccc4c3)nc2C#N)cc1. The lowest BCUT2D eigenvalue weighted by molar-refractivity contribution is -0.114. The van der Waals surface area contributed by atoms with Crippen LogP contribution in [0.2, 0.25) is 0 Å². The van der Waals surface area contributed by atoms with Gasteiger partial charge in [-0.25, -0.2) is 14.8 Å². The van der Waals surface area contributed by atoms with E-state index in [1.165, 1.54) is 0 Å². The average Bonchev–Trinajstić information content (AvgIpc) is 3.00. The average molecular weight is 529 g/mol. The molecule has 2 N–H and O–H groups in total. The Kier molecular flexibility index (Phi) is 7.69. The predicted molar refractivity (Wildman–Crippen MR) is 152 cm³/mol. The van der Waals surface area contributed by atoms with Gasteiger partial charge < -0.3 is 15.4 Å². The van der Waals surface area contributed by atoms with Crippen molar-refractivity contribution < 1.29 is 14.3 Å². The highest BCUT2D eigenvalue weighted by Gasteiger charge is 2.18. The normalized spacial score (nSPS) is 10.5. The molecule has 5 rings (SSSR count). The van der Waals surface area contributed by atoms with Gasteiger partial charge in [-0.2, -0.15) is 5.26 Å². The summed E-state index contributed by atoms with van der Waals surface area (Å²) in [5.41, 5.74) is 4.54. The molecule has 0 fully saturated rings. The number of hydrogen-bond donors (Lipinski definition) is 2. The van der Waals surface area contributed by atoms with Gasteiger partial charge in [0.05, 0.1) is 35.6 Å². The second-order valence-corrected chi connectivity index (χ2v) is 8.71. The molecule has 0 aliphatic rings. The van der Waals surface area contributed by atoms with Crippen LogP contribution in [0.5, 0.6) is 0 Å². The number of esters is 1. The molecule has 0 radical (unpaired) electrons. The molecule has 2 aromatic heterocycles. The van der Waals surface area contributed by atoms with E-state index in [4.69, 9.17) is 9.72 Å². The number of nitrogens with zero attached hydrogens (tertiary/aromatic N) is 4. The maximum atomic E-state index is 12.7. The molecule has 3 aromatic carbocycles. The van der Waals surface area contributed by atoms with Crippen LogP contribution in [0.4, 0.5) is 11.5 Å². The van der Waals surface area contributed by atoms with Crippen LogP contribution < -0.4 is 10.6 Å². The highest BCUT2D eigenvalue weighted by atomic mass is 16.5.